The molecule has 0 saturated carbocycles. The standard InChI is InChI=1S/C15H21N5/c1-16-15-18-13-6-4-3-5-12(13)14(19-15)17-9-11-7-8-20(2)10-11/h3-6,11H,7-10H2,1-2H3,(H2,16,17,18,19). The Kier molecular flexibility index (Phi) is 3.69. The normalized spacial score (nSPS) is 19.4. The topological polar surface area (TPSA) is 53.1 Å². The molecule has 0 aliphatic carbocycles. The summed E-state index contributed by atoms with van der Waals surface area (Å²) in [5, 5.41) is 7.61. The molecule has 1 unspecified atom stereocenters. The summed E-state index contributed by atoms with van der Waals surface area (Å²) in [5.74, 6) is 2.29. The monoisotopic (exact) mass is 271 g/mol. The molecule has 1 aliphatic heterocycles. The first-order valence-corrected chi connectivity index (χ1v) is 7.13. The van der Waals surface area contributed by atoms with Gasteiger partial charge in [-0.1, -0.05) is 12.1 Å². The van der Waals surface area contributed by atoms with E-state index in [4.69, 9.17) is 0 Å². The minimum absolute atomic E-state index is 0.662. The number of para-hydroxylation sites is 1. The Labute approximate surface area is 119 Å². The highest BCUT2D eigenvalue weighted by atomic mass is 15.1. The molecule has 0 bridgehead atoms. The zero-order chi connectivity index (χ0) is 13.9. The predicted octanol–water partition coefficient (Wildman–Crippen LogP) is 2.04. The lowest BCUT2D eigenvalue weighted by Gasteiger charge is -2.14. The summed E-state index contributed by atoms with van der Waals surface area (Å²) >= 11 is 0. The molecule has 1 saturated heterocycles. The molecule has 0 radical (unpaired) electrons. The lowest BCUT2D eigenvalue weighted by atomic mass is 10.1. The Balaban J connectivity index is 1.82. The van der Waals surface area contributed by atoms with E-state index in [0.717, 1.165) is 29.8 Å². The van der Waals surface area contributed by atoms with E-state index in [1.54, 1.807) is 0 Å². The average molecular weight is 271 g/mol. The number of nitrogens with zero attached hydrogens (tertiary/aromatic N) is 3. The van der Waals surface area contributed by atoms with Gasteiger partial charge in [0.2, 0.25) is 5.95 Å². The van der Waals surface area contributed by atoms with Crippen LogP contribution in [0.5, 0.6) is 0 Å². The fourth-order valence-corrected chi connectivity index (χ4v) is 2.76. The quantitative estimate of drug-likeness (QED) is 0.891. The van der Waals surface area contributed by atoms with E-state index < -0.39 is 0 Å². The van der Waals surface area contributed by atoms with Gasteiger partial charge in [0, 0.05) is 25.5 Å². The largest absolute Gasteiger partial charge is 0.369 e. The molecule has 20 heavy (non-hydrogen) atoms. The molecule has 5 heteroatoms. The first kappa shape index (κ1) is 13.1. The van der Waals surface area contributed by atoms with Gasteiger partial charge in [-0.2, -0.15) is 4.98 Å². The first-order valence-electron chi connectivity index (χ1n) is 7.13. The van der Waals surface area contributed by atoms with Crippen molar-refractivity contribution in [1.82, 2.24) is 14.9 Å². The lowest BCUT2D eigenvalue weighted by molar-refractivity contribution is 0.399. The highest BCUT2D eigenvalue weighted by Crippen LogP contribution is 2.23. The van der Waals surface area contributed by atoms with Crippen LogP contribution in [-0.2, 0) is 0 Å². The van der Waals surface area contributed by atoms with Crippen LogP contribution >= 0.6 is 0 Å². The van der Waals surface area contributed by atoms with Gasteiger partial charge in [0.15, 0.2) is 0 Å². The Morgan fingerprint density at radius 3 is 2.90 bits per heavy atom. The summed E-state index contributed by atoms with van der Waals surface area (Å²) in [7, 11) is 4.03. The Hall–Kier alpha value is -1.88. The van der Waals surface area contributed by atoms with E-state index in [1.807, 2.05) is 25.2 Å². The number of fused-ring (bicyclic) bond motifs is 1. The maximum atomic E-state index is 4.55. The first-order chi connectivity index (χ1) is 9.76. The highest BCUT2D eigenvalue weighted by Gasteiger charge is 2.19. The zero-order valence-electron chi connectivity index (χ0n) is 12.1. The van der Waals surface area contributed by atoms with Crippen molar-refractivity contribution in [3.8, 4) is 0 Å². The molecule has 2 aromatic rings. The van der Waals surface area contributed by atoms with Crippen molar-refractivity contribution in [1.29, 1.82) is 0 Å². The molecule has 5 nitrogen and oxygen atoms in total. The van der Waals surface area contributed by atoms with Crippen molar-refractivity contribution in [2.75, 3.05) is 44.4 Å². The number of hydrogen-bond acceptors (Lipinski definition) is 5. The summed E-state index contributed by atoms with van der Waals surface area (Å²) in [6, 6.07) is 8.12. The van der Waals surface area contributed by atoms with Crippen molar-refractivity contribution in [3.05, 3.63) is 24.3 Å². The fraction of sp³-hybridized carbons (Fsp3) is 0.467. The average Bonchev–Trinajstić information content (AvgIpc) is 2.90. The third kappa shape index (κ3) is 2.67. The second kappa shape index (κ2) is 5.63. The van der Waals surface area contributed by atoms with E-state index in [0.29, 0.717) is 11.9 Å². The van der Waals surface area contributed by atoms with Gasteiger partial charge in [-0.3, -0.25) is 0 Å². The van der Waals surface area contributed by atoms with Crippen molar-refractivity contribution in [2.45, 2.75) is 6.42 Å². The molecule has 2 N–H and O–H groups in total. The van der Waals surface area contributed by atoms with E-state index >= 15 is 0 Å². The molecule has 1 aromatic heterocycles. The third-order valence-electron chi connectivity index (χ3n) is 3.87. The van der Waals surface area contributed by atoms with Crippen LogP contribution in [0, 0.1) is 5.92 Å². The van der Waals surface area contributed by atoms with Crippen LogP contribution in [0.25, 0.3) is 10.9 Å². The van der Waals surface area contributed by atoms with Gasteiger partial charge in [-0.05, 0) is 38.1 Å². The molecule has 1 aliphatic rings. The lowest BCUT2D eigenvalue weighted by Crippen LogP contribution is -2.19. The maximum Gasteiger partial charge on any atom is 0.224 e. The summed E-state index contributed by atoms with van der Waals surface area (Å²) in [5.41, 5.74) is 0.970. The maximum absolute atomic E-state index is 4.55. The van der Waals surface area contributed by atoms with Gasteiger partial charge in [0.25, 0.3) is 0 Å². The third-order valence-corrected chi connectivity index (χ3v) is 3.87. The van der Waals surface area contributed by atoms with Crippen LogP contribution in [0.3, 0.4) is 0 Å². The fourth-order valence-electron chi connectivity index (χ4n) is 2.76. The zero-order valence-corrected chi connectivity index (χ0v) is 12.1. The molecular formula is C15H21N5. The molecule has 1 fully saturated rings. The number of aromatic nitrogens is 2. The molecule has 1 atom stereocenters. The summed E-state index contributed by atoms with van der Waals surface area (Å²) in [4.78, 5) is 11.4. The molecular weight excluding hydrogens is 250 g/mol. The Morgan fingerprint density at radius 1 is 1.30 bits per heavy atom. The van der Waals surface area contributed by atoms with Crippen molar-refractivity contribution >= 4 is 22.7 Å². The molecule has 2 heterocycles. The van der Waals surface area contributed by atoms with E-state index in [9.17, 15) is 0 Å². The van der Waals surface area contributed by atoms with Gasteiger partial charge >= 0.3 is 0 Å². The second-order valence-corrected chi connectivity index (χ2v) is 5.46. The van der Waals surface area contributed by atoms with Crippen molar-refractivity contribution in [3.63, 3.8) is 0 Å². The second-order valence-electron chi connectivity index (χ2n) is 5.46. The van der Waals surface area contributed by atoms with Gasteiger partial charge < -0.3 is 15.5 Å². The summed E-state index contributed by atoms with van der Waals surface area (Å²) < 4.78 is 0. The number of nitrogens with one attached hydrogen (secondary N) is 2. The Morgan fingerprint density at radius 2 is 2.15 bits per heavy atom. The van der Waals surface area contributed by atoms with Crippen molar-refractivity contribution in [2.24, 2.45) is 5.92 Å². The van der Waals surface area contributed by atoms with E-state index in [1.165, 1.54) is 13.0 Å². The summed E-state index contributed by atoms with van der Waals surface area (Å²) in [6.45, 7) is 3.32. The van der Waals surface area contributed by atoms with Crippen LogP contribution in [0.2, 0.25) is 0 Å². The molecule has 3 rings (SSSR count). The smallest absolute Gasteiger partial charge is 0.224 e. The molecule has 1 aromatic carbocycles. The highest BCUT2D eigenvalue weighted by molar-refractivity contribution is 5.89. The van der Waals surface area contributed by atoms with Crippen LogP contribution in [-0.4, -0.2) is 48.6 Å². The van der Waals surface area contributed by atoms with Gasteiger partial charge in [0.1, 0.15) is 5.82 Å². The number of rotatable bonds is 4. The number of hydrogen-bond donors (Lipinski definition) is 2. The summed E-state index contributed by atoms with van der Waals surface area (Å²) in [6.07, 6.45) is 1.26. The van der Waals surface area contributed by atoms with Gasteiger partial charge in [-0.15, -0.1) is 0 Å². The number of likely N-dealkylation sites (tertiary alicyclic amines) is 1. The molecule has 0 spiro atoms. The minimum Gasteiger partial charge on any atom is -0.369 e. The van der Waals surface area contributed by atoms with Crippen LogP contribution < -0.4 is 10.6 Å². The van der Waals surface area contributed by atoms with Crippen molar-refractivity contribution < 1.29 is 0 Å². The van der Waals surface area contributed by atoms with E-state index in [-0.39, 0.29) is 0 Å². The van der Waals surface area contributed by atoms with Gasteiger partial charge in [-0.25, -0.2) is 4.98 Å². The Bertz CT molecular complexity index is 598. The number of anilines is 2. The van der Waals surface area contributed by atoms with E-state index in [2.05, 4.69) is 38.6 Å². The predicted molar refractivity (Wildman–Crippen MR) is 83.2 cm³/mol. The van der Waals surface area contributed by atoms with Crippen LogP contribution in [0.1, 0.15) is 6.42 Å². The SMILES string of the molecule is CNc1nc(NCC2CCN(C)C2)c2ccccc2n1. The van der Waals surface area contributed by atoms with Crippen LogP contribution in [0.15, 0.2) is 24.3 Å². The number of benzene rings is 1. The minimum atomic E-state index is 0.662. The molecule has 0 amide bonds. The van der Waals surface area contributed by atoms with Gasteiger partial charge in [0.05, 0.1) is 5.52 Å². The van der Waals surface area contributed by atoms with Crippen LogP contribution in [0.4, 0.5) is 11.8 Å². The molecule has 106 valence electrons.